The van der Waals surface area contributed by atoms with Crippen LogP contribution in [0.25, 0.3) is 22.6 Å². The van der Waals surface area contributed by atoms with Crippen LogP contribution < -0.4 is 15.5 Å². The highest BCUT2D eigenvalue weighted by Crippen LogP contribution is 2.33. The Morgan fingerprint density at radius 1 is 1.11 bits per heavy atom. The van der Waals surface area contributed by atoms with Crippen LogP contribution in [0.2, 0.25) is 5.02 Å². The minimum atomic E-state index is -0.454. The minimum absolute atomic E-state index is 0.00870. The third kappa shape index (κ3) is 5.78. The molecule has 2 aromatic carbocycles. The zero-order chi connectivity index (χ0) is 25.6. The number of amides is 1. The van der Waals surface area contributed by atoms with Crippen LogP contribution in [0.5, 0.6) is 11.6 Å². The lowest BCUT2D eigenvalue weighted by Crippen LogP contribution is -2.22. The number of anilines is 2. The summed E-state index contributed by atoms with van der Waals surface area (Å²) in [6.07, 6.45) is 7.50. The molecule has 3 N–H and O–H groups in total. The third-order valence-electron chi connectivity index (χ3n) is 5.02. The van der Waals surface area contributed by atoms with Gasteiger partial charge in [0, 0.05) is 23.2 Å². The molecule has 0 unspecified atom stereocenters. The first kappa shape index (κ1) is 24.1. The number of carbonyl (C=O) groups is 1. The van der Waals surface area contributed by atoms with Crippen LogP contribution in [0.1, 0.15) is 5.56 Å². The van der Waals surface area contributed by atoms with Gasteiger partial charge >= 0.3 is 0 Å². The molecular formula is C24H19ClN8O4. The molecule has 0 atom stereocenters. The minimum Gasteiger partial charge on any atom is -0.437 e. The molecule has 37 heavy (non-hydrogen) atoms. The fraction of sp³-hybridized carbons (Fsp3) is 0.0833. The standard InChI is InChI=1S/C24H19ClN8O4/c25-18-10-16(3-5-20(18)37-23-11-21-31-29-14-33(21)13-28-23)30-24-17-9-15(1-4-19(17)26-12-27-24)2-6-22(35)32-36-8-7-34/h1-6,9-14,34H,7-8H2,(H,32,35)(H,26,27,30)/b6-2+. The maximum atomic E-state index is 11.8. The van der Waals surface area contributed by atoms with Crippen molar-refractivity contribution in [2.24, 2.45) is 0 Å². The molecule has 3 aromatic heterocycles. The summed E-state index contributed by atoms with van der Waals surface area (Å²) < 4.78 is 7.48. The van der Waals surface area contributed by atoms with E-state index in [4.69, 9.17) is 26.3 Å². The molecular weight excluding hydrogens is 500 g/mol. The van der Waals surface area contributed by atoms with E-state index in [1.165, 1.54) is 12.4 Å². The summed E-state index contributed by atoms with van der Waals surface area (Å²) in [7, 11) is 0. The molecule has 5 rings (SSSR count). The summed E-state index contributed by atoms with van der Waals surface area (Å²) in [5.74, 6) is 0.855. The molecule has 0 aliphatic carbocycles. The third-order valence-corrected chi connectivity index (χ3v) is 5.32. The average molecular weight is 519 g/mol. The van der Waals surface area contributed by atoms with Crippen LogP contribution in [0, 0.1) is 0 Å². The van der Waals surface area contributed by atoms with Gasteiger partial charge in [-0.3, -0.25) is 14.0 Å². The Morgan fingerprint density at radius 3 is 2.89 bits per heavy atom. The molecule has 0 aliphatic heterocycles. The molecule has 12 nitrogen and oxygen atoms in total. The van der Waals surface area contributed by atoms with Gasteiger partial charge in [-0.05, 0) is 42.0 Å². The summed E-state index contributed by atoms with van der Waals surface area (Å²) in [5.41, 5.74) is 4.95. The van der Waals surface area contributed by atoms with Crippen LogP contribution in [0.15, 0.2) is 67.5 Å². The van der Waals surface area contributed by atoms with Gasteiger partial charge in [0.15, 0.2) is 5.65 Å². The van der Waals surface area contributed by atoms with Gasteiger partial charge in [0.1, 0.15) is 30.5 Å². The number of hydroxylamine groups is 1. The van der Waals surface area contributed by atoms with Crippen molar-refractivity contribution in [1.82, 2.24) is 35.0 Å². The van der Waals surface area contributed by atoms with E-state index in [2.05, 4.69) is 35.9 Å². The van der Waals surface area contributed by atoms with E-state index in [0.29, 0.717) is 39.3 Å². The van der Waals surface area contributed by atoms with E-state index in [0.717, 1.165) is 10.9 Å². The molecule has 13 heteroatoms. The number of aliphatic hydroxyl groups excluding tert-OH is 1. The normalized spacial score (nSPS) is 11.3. The molecule has 0 radical (unpaired) electrons. The molecule has 0 aliphatic rings. The number of nitrogens with one attached hydrogen (secondary N) is 2. The topological polar surface area (TPSA) is 149 Å². The predicted octanol–water partition coefficient (Wildman–Crippen LogP) is 3.31. The summed E-state index contributed by atoms with van der Waals surface area (Å²) in [4.78, 5) is 29.5. The van der Waals surface area contributed by atoms with Crippen molar-refractivity contribution in [2.45, 2.75) is 0 Å². The van der Waals surface area contributed by atoms with Crippen molar-refractivity contribution < 1.29 is 19.5 Å². The molecule has 0 spiro atoms. The van der Waals surface area contributed by atoms with E-state index < -0.39 is 5.91 Å². The fourth-order valence-electron chi connectivity index (χ4n) is 3.33. The number of carbonyl (C=O) groups excluding carboxylic acids is 1. The fourth-order valence-corrected chi connectivity index (χ4v) is 3.55. The summed E-state index contributed by atoms with van der Waals surface area (Å²) in [6, 6.07) is 12.4. The van der Waals surface area contributed by atoms with Crippen LogP contribution in [-0.2, 0) is 9.63 Å². The van der Waals surface area contributed by atoms with Crippen LogP contribution >= 0.6 is 11.6 Å². The number of aromatic nitrogens is 6. The Labute approximate surface area is 214 Å². The SMILES string of the molecule is O=C(/C=C/c1ccc2ncnc(Nc3ccc(Oc4cc5nncn5cn4)c(Cl)c3)c2c1)NOCCO. The van der Waals surface area contributed by atoms with E-state index >= 15 is 0 Å². The quantitative estimate of drug-likeness (QED) is 0.151. The molecule has 186 valence electrons. The number of benzene rings is 2. The molecule has 5 aromatic rings. The molecule has 1 amide bonds. The maximum Gasteiger partial charge on any atom is 0.267 e. The summed E-state index contributed by atoms with van der Waals surface area (Å²) in [5, 5.41) is 20.8. The van der Waals surface area contributed by atoms with E-state index in [9.17, 15) is 4.79 Å². The molecule has 0 saturated carbocycles. The van der Waals surface area contributed by atoms with Gasteiger partial charge in [0.05, 0.1) is 23.8 Å². The lowest BCUT2D eigenvalue weighted by atomic mass is 10.1. The lowest BCUT2D eigenvalue weighted by Gasteiger charge is -2.11. The first-order valence-corrected chi connectivity index (χ1v) is 11.3. The number of nitrogens with zero attached hydrogens (tertiary/aromatic N) is 6. The largest absolute Gasteiger partial charge is 0.437 e. The lowest BCUT2D eigenvalue weighted by molar-refractivity contribution is -0.129. The first-order chi connectivity index (χ1) is 18.1. The Bertz CT molecular complexity index is 1610. The van der Waals surface area contributed by atoms with Crippen LogP contribution in [-0.4, -0.2) is 53.8 Å². The van der Waals surface area contributed by atoms with Crippen molar-refractivity contribution in [3.05, 3.63) is 78.1 Å². The second-order valence-electron chi connectivity index (χ2n) is 7.57. The maximum absolute atomic E-state index is 11.8. The number of hydrogen-bond acceptors (Lipinski definition) is 10. The zero-order valence-corrected chi connectivity index (χ0v) is 19.8. The van der Waals surface area contributed by atoms with Crippen molar-refractivity contribution >= 4 is 51.6 Å². The van der Waals surface area contributed by atoms with Gasteiger partial charge in [-0.25, -0.2) is 20.4 Å². The number of fused-ring (bicyclic) bond motifs is 2. The zero-order valence-electron chi connectivity index (χ0n) is 19.1. The van der Waals surface area contributed by atoms with Crippen molar-refractivity contribution in [2.75, 3.05) is 18.5 Å². The highest BCUT2D eigenvalue weighted by molar-refractivity contribution is 6.32. The number of halogens is 1. The van der Waals surface area contributed by atoms with Crippen LogP contribution in [0.4, 0.5) is 11.5 Å². The van der Waals surface area contributed by atoms with E-state index in [-0.39, 0.29) is 13.2 Å². The first-order valence-electron chi connectivity index (χ1n) is 10.9. The van der Waals surface area contributed by atoms with Gasteiger partial charge in [-0.15, -0.1) is 10.2 Å². The van der Waals surface area contributed by atoms with Gasteiger partial charge in [0.25, 0.3) is 5.91 Å². The average Bonchev–Trinajstić information content (AvgIpc) is 3.37. The Morgan fingerprint density at radius 2 is 2.03 bits per heavy atom. The smallest absolute Gasteiger partial charge is 0.267 e. The predicted molar refractivity (Wildman–Crippen MR) is 135 cm³/mol. The van der Waals surface area contributed by atoms with Gasteiger partial charge in [-0.1, -0.05) is 17.7 Å². The second-order valence-corrected chi connectivity index (χ2v) is 7.97. The van der Waals surface area contributed by atoms with Crippen molar-refractivity contribution in [1.29, 1.82) is 0 Å². The Hall–Kier alpha value is -4.65. The van der Waals surface area contributed by atoms with Gasteiger partial charge < -0.3 is 15.2 Å². The highest BCUT2D eigenvalue weighted by atomic mass is 35.5. The van der Waals surface area contributed by atoms with Crippen molar-refractivity contribution in [3.63, 3.8) is 0 Å². The molecule has 3 heterocycles. The Balaban J connectivity index is 1.33. The molecule has 0 saturated heterocycles. The number of aliphatic hydroxyl groups is 1. The molecule has 0 bridgehead atoms. The van der Waals surface area contributed by atoms with Crippen LogP contribution in [0.3, 0.4) is 0 Å². The summed E-state index contributed by atoms with van der Waals surface area (Å²) in [6.45, 7) is -0.183. The van der Waals surface area contributed by atoms with E-state index in [1.807, 2.05) is 18.2 Å². The number of ether oxygens (including phenoxy) is 1. The second kappa shape index (κ2) is 11.0. The molecule has 0 fully saturated rings. The van der Waals surface area contributed by atoms with Crippen molar-refractivity contribution in [3.8, 4) is 11.6 Å². The number of hydrogen-bond donors (Lipinski definition) is 3. The van der Waals surface area contributed by atoms with Gasteiger partial charge in [0.2, 0.25) is 5.88 Å². The monoisotopic (exact) mass is 518 g/mol. The highest BCUT2D eigenvalue weighted by Gasteiger charge is 2.10. The number of rotatable bonds is 9. The van der Waals surface area contributed by atoms with Gasteiger partial charge in [-0.2, -0.15) is 0 Å². The Kier molecular flexibility index (Phi) is 7.12. The summed E-state index contributed by atoms with van der Waals surface area (Å²) >= 11 is 6.47. The van der Waals surface area contributed by atoms with E-state index in [1.54, 1.807) is 47.4 Å².